The molecule has 0 atom stereocenters. The molecule has 1 aromatic heterocycles. The van der Waals surface area contributed by atoms with E-state index < -0.39 is 0 Å². The molecule has 0 amide bonds. The summed E-state index contributed by atoms with van der Waals surface area (Å²) in [5, 5.41) is 13.1. The van der Waals surface area contributed by atoms with Gasteiger partial charge >= 0.3 is 0 Å². The molecule has 2 N–H and O–H groups in total. The summed E-state index contributed by atoms with van der Waals surface area (Å²) in [6, 6.07) is 13.6. The van der Waals surface area contributed by atoms with Crippen LogP contribution in [0, 0.1) is 12.1 Å². The molecule has 0 radical (unpaired) electrons. The van der Waals surface area contributed by atoms with Crippen molar-refractivity contribution in [3.8, 4) is 0 Å². The standard InChI is InChI=1S/C14H17N3O/c1-12-7-8-13(11-17(12)18)9-10-16(15)14-5-3-2-4-6-14/h2-8,11H,9-10,15H2,1H3. The number of nitrogens with two attached hydrogens (primary N) is 1. The Balaban J connectivity index is 1.97. The molecule has 0 aliphatic carbocycles. The molecule has 2 rings (SSSR count). The summed E-state index contributed by atoms with van der Waals surface area (Å²) in [5.74, 6) is 5.96. The van der Waals surface area contributed by atoms with E-state index in [2.05, 4.69) is 0 Å². The second kappa shape index (κ2) is 5.51. The van der Waals surface area contributed by atoms with E-state index >= 15 is 0 Å². The summed E-state index contributed by atoms with van der Waals surface area (Å²) in [4.78, 5) is 0. The molecule has 2 aromatic rings. The minimum atomic E-state index is 0.674. The van der Waals surface area contributed by atoms with Crippen molar-refractivity contribution in [1.82, 2.24) is 0 Å². The first kappa shape index (κ1) is 12.4. The molecule has 0 unspecified atom stereocenters. The molecule has 0 spiro atoms. The van der Waals surface area contributed by atoms with E-state index in [-0.39, 0.29) is 0 Å². The van der Waals surface area contributed by atoms with E-state index in [0.29, 0.717) is 12.2 Å². The smallest absolute Gasteiger partial charge is 0.189 e. The van der Waals surface area contributed by atoms with Gasteiger partial charge in [-0.25, -0.2) is 5.84 Å². The van der Waals surface area contributed by atoms with Gasteiger partial charge in [0, 0.05) is 25.1 Å². The topological polar surface area (TPSA) is 56.2 Å². The predicted molar refractivity (Wildman–Crippen MR) is 71.8 cm³/mol. The summed E-state index contributed by atoms with van der Waals surface area (Å²) in [5.41, 5.74) is 2.66. The molecule has 0 aliphatic rings. The van der Waals surface area contributed by atoms with Crippen molar-refractivity contribution in [2.24, 2.45) is 5.84 Å². The summed E-state index contributed by atoms with van der Waals surface area (Å²) < 4.78 is 0.888. The maximum atomic E-state index is 11.4. The molecule has 0 saturated heterocycles. The van der Waals surface area contributed by atoms with Crippen LogP contribution in [0.1, 0.15) is 11.3 Å². The number of aromatic nitrogens is 1. The number of anilines is 1. The summed E-state index contributed by atoms with van der Waals surface area (Å²) in [6.07, 6.45) is 2.35. The van der Waals surface area contributed by atoms with Crippen LogP contribution in [0.2, 0.25) is 0 Å². The SMILES string of the molecule is Cc1ccc(CCN(N)c2ccccc2)c[n+]1[O-]. The van der Waals surface area contributed by atoms with E-state index in [4.69, 9.17) is 5.84 Å². The second-order valence-corrected chi connectivity index (χ2v) is 4.28. The maximum Gasteiger partial charge on any atom is 0.189 e. The minimum Gasteiger partial charge on any atom is -0.619 e. The fourth-order valence-corrected chi connectivity index (χ4v) is 1.74. The van der Waals surface area contributed by atoms with Crippen molar-refractivity contribution in [1.29, 1.82) is 0 Å². The normalized spacial score (nSPS) is 10.3. The van der Waals surface area contributed by atoms with Crippen LogP contribution in [0.3, 0.4) is 0 Å². The lowest BCUT2D eigenvalue weighted by Crippen LogP contribution is -2.34. The van der Waals surface area contributed by atoms with E-state index in [1.165, 1.54) is 0 Å². The zero-order chi connectivity index (χ0) is 13.0. The van der Waals surface area contributed by atoms with Gasteiger partial charge in [-0.2, -0.15) is 4.73 Å². The summed E-state index contributed by atoms with van der Waals surface area (Å²) >= 11 is 0. The predicted octanol–water partition coefficient (Wildman–Crippen LogP) is 1.55. The van der Waals surface area contributed by atoms with E-state index in [0.717, 1.165) is 22.4 Å². The molecular formula is C14H17N3O. The molecule has 0 saturated carbocycles. The van der Waals surface area contributed by atoms with Crippen LogP contribution in [0.4, 0.5) is 5.69 Å². The number of para-hydroxylation sites is 1. The largest absolute Gasteiger partial charge is 0.619 e. The van der Waals surface area contributed by atoms with Gasteiger partial charge in [0.25, 0.3) is 0 Å². The Kier molecular flexibility index (Phi) is 3.79. The van der Waals surface area contributed by atoms with Crippen molar-refractivity contribution in [3.05, 3.63) is 65.1 Å². The highest BCUT2D eigenvalue weighted by Crippen LogP contribution is 2.10. The van der Waals surface area contributed by atoms with Gasteiger partial charge in [0.15, 0.2) is 11.9 Å². The Labute approximate surface area is 107 Å². The van der Waals surface area contributed by atoms with Crippen LogP contribution in [0.25, 0.3) is 0 Å². The first-order valence-corrected chi connectivity index (χ1v) is 5.93. The van der Waals surface area contributed by atoms with Crippen LogP contribution in [0.15, 0.2) is 48.7 Å². The molecule has 4 nitrogen and oxygen atoms in total. The average molecular weight is 243 g/mol. The molecule has 0 bridgehead atoms. The first-order chi connectivity index (χ1) is 8.66. The monoisotopic (exact) mass is 243 g/mol. The lowest BCUT2D eigenvalue weighted by atomic mass is 10.2. The Morgan fingerprint density at radius 1 is 1.17 bits per heavy atom. The van der Waals surface area contributed by atoms with Crippen molar-refractivity contribution in [2.75, 3.05) is 11.6 Å². The lowest BCUT2D eigenvalue weighted by Gasteiger charge is -2.18. The van der Waals surface area contributed by atoms with Crippen molar-refractivity contribution in [3.63, 3.8) is 0 Å². The van der Waals surface area contributed by atoms with Gasteiger partial charge in [0.2, 0.25) is 0 Å². The van der Waals surface area contributed by atoms with Gasteiger partial charge in [-0.3, -0.25) is 0 Å². The van der Waals surface area contributed by atoms with E-state index in [1.54, 1.807) is 18.1 Å². The Morgan fingerprint density at radius 3 is 2.56 bits per heavy atom. The Morgan fingerprint density at radius 2 is 1.89 bits per heavy atom. The highest BCUT2D eigenvalue weighted by atomic mass is 16.5. The van der Waals surface area contributed by atoms with Crippen LogP contribution in [-0.4, -0.2) is 6.54 Å². The Hall–Kier alpha value is -2.07. The molecule has 0 aliphatic heterocycles. The van der Waals surface area contributed by atoms with Crippen LogP contribution >= 0.6 is 0 Å². The molecular weight excluding hydrogens is 226 g/mol. The van der Waals surface area contributed by atoms with Gasteiger partial charge in [-0.1, -0.05) is 18.2 Å². The van der Waals surface area contributed by atoms with E-state index in [9.17, 15) is 5.21 Å². The number of aryl methyl sites for hydroxylation is 1. The molecule has 0 fully saturated rings. The average Bonchev–Trinajstić information content (AvgIpc) is 2.41. The van der Waals surface area contributed by atoms with Crippen molar-refractivity contribution in [2.45, 2.75) is 13.3 Å². The number of hydrogen-bond acceptors (Lipinski definition) is 3. The van der Waals surface area contributed by atoms with Gasteiger partial charge in [-0.05, 0) is 24.6 Å². The maximum absolute atomic E-state index is 11.4. The van der Waals surface area contributed by atoms with Gasteiger partial charge in [-0.15, -0.1) is 0 Å². The third-order valence-electron chi connectivity index (χ3n) is 2.90. The number of benzene rings is 1. The van der Waals surface area contributed by atoms with Crippen molar-refractivity contribution >= 4 is 5.69 Å². The van der Waals surface area contributed by atoms with Crippen LogP contribution < -0.4 is 15.6 Å². The highest BCUT2D eigenvalue weighted by molar-refractivity contribution is 5.44. The molecule has 1 heterocycles. The molecule has 18 heavy (non-hydrogen) atoms. The number of hydrazine groups is 1. The molecule has 94 valence electrons. The lowest BCUT2D eigenvalue weighted by molar-refractivity contribution is -0.612. The van der Waals surface area contributed by atoms with Crippen LogP contribution in [-0.2, 0) is 6.42 Å². The zero-order valence-corrected chi connectivity index (χ0v) is 10.4. The van der Waals surface area contributed by atoms with E-state index in [1.807, 2.05) is 42.5 Å². The Bertz CT molecular complexity index is 514. The number of hydrogen-bond donors (Lipinski definition) is 1. The molecule has 4 heteroatoms. The summed E-state index contributed by atoms with van der Waals surface area (Å²) in [7, 11) is 0. The zero-order valence-electron chi connectivity index (χ0n) is 10.4. The minimum absolute atomic E-state index is 0.674. The van der Waals surface area contributed by atoms with Gasteiger partial charge < -0.3 is 10.2 Å². The van der Waals surface area contributed by atoms with Crippen molar-refractivity contribution < 1.29 is 4.73 Å². The third kappa shape index (κ3) is 2.99. The summed E-state index contributed by atoms with van der Waals surface area (Å²) in [6.45, 7) is 2.46. The van der Waals surface area contributed by atoms with Gasteiger partial charge in [0.1, 0.15) is 0 Å². The second-order valence-electron chi connectivity index (χ2n) is 4.28. The fourth-order valence-electron chi connectivity index (χ4n) is 1.74. The quantitative estimate of drug-likeness (QED) is 0.383. The highest BCUT2D eigenvalue weighted by Gasteiger charge is 2.04. The first-order valence-electron chi connectivity index (χ1n) is 5.93. The number of nitrogens with zero attached hydrogens (tertiary/aromatic N) is 2. The fraction of sp³-hybridized carbons (Fsp3) is 0.214. The number of pyridine rings is 1. The van der Waals surface area contributed by atoms with Crippen LogP contribution in [0.5, 0.6) is 0 Å². The third-order valence-corrected chi connectivity index (χ3v) is 2.90. The number of rotatable bonds is 4. The van der Waals surface area contributed by atoms with Gasteiger partial charge in [0.05, 0.1) is 5.69 Å². The molecule has 1 aromatic carbocycles.